The van der Waals surface area contributed by atoms with Crippen molar-refractivity contribution in [1.82, 2.24) is 5.32 Å². The first-order valence-electron chi connectivity index (χ1n) is 7.61. The van der Waals surface area contributed by atoms with Gasteiger partial charge in [-0.05, 0) is 42.7 Å². The Labute approximate surface area is 125 Å². The van der Waals surface area contributed by atoms with Crippen molar-refractivity contribution in [2.75, 3.05) is 11.5 Å². The van der Waals surface area contributed by atoms with E-state index >= 15 is 0 Å². The zero-order valence-electron chi connectivity index (χ0n) is 12.0. The van der Waals surface area contributed by atoms with Gasteiger partial charge >= 0.3 is 0 Å². The van der Waals surface area contributed by atoms with Gasteiger partial charge in [0, 0.05) is 6.42 Å². The number of sulfone groups is 1. The third-order valence-electron chi connectivity index (χ3n) is 4.51. The first-order chi connectivity index (χ1) is 10.0. The number of rotatable bonds is 3. The zero-order chi connectivity index (χ0) is 14.9. The molecule has 3 rings (SSSR count). The average molecular weight is 307 g/mol. The highest BCUT2D eigenvalue weighted by Gasteiger charge is 2.30. The molecule has 1 amide bonds. The first-order valence-corrected chi connectivity index (χ1v) is 9.43. The van der Waals surface area contributed by atoms with Gasteiger partial charge < -0.3 is 5.32 Å². The molecule has 1 aromatic carbocycles. The topological polar surface area (TPSA) is 63.2 Å². The Kier molecular flexibility index (Phi) is 4.02. The first kappa shape index (κ1) is 14.6. The Morgan fingerprint density at radius 2 is 2.05 bits per heavy atom. The molecule has 2 aliphatic rings. The van der Waals surface area contributed by atoms with Crippen molar-refractivity contribution in [1.29, 1.82) is 0 Å². The largest absolute Gasteiger partial charge is 0.349 e. The molecule has 21 heavy (non-hydrogen) atoms. The number of aryl methyl sites for hydroxylation is 1. The maximum atomic E-state index is 12.2. The Morgan fingerprint density at radius 1 is 1.24 bits per heavy atom. The van der Waals surface area contributed by atoms with Gasteiger partial charge in [-0.3, -0.25) is 4.79 Å². The summed E-state index contributed by atoms with van der Waals surface area (Å²) in [6, 6.07) is 8.33. The van der Waals surface area contributed by atoms with E-state index in [1.807, 2.05) is 12.1 Å². The summed E-state index contributed by atoms with van der Waals surface area (Å²) in [5.41, 5.74) is 2.54. The van der Waals surface area contributed by atoms with Gasteiger partial charge in [-0.2, -0.15) is 0 Å². The third kappa shape index (κ3) is 3.46. The monoisotopic (exact) mass is 307 g/mol. The van der Waals surface area contributed by atoms with Crippen molar-refractivity contribution in [3.63, 3.8) is 0 Å². The highest BCUT2D eigenvalue weighted by Crippen LogP contribution is 2.30. The molecule has 1 heterocycles. The summed E-state index contributed by atoms with van der Waals surface area (Å²) in [6.45, 7) is 0. The second-order valence-electron chi connectivity index (χ2n) is 6.18. The number of carbonyl (C=O) groups excluding carboxylic acids is 1. The standard InChI is InChI=1S/C16H21NO3S/c18-16(10-12-8-9-21(19,20)11-12)17-15-7-3-5-13-4-1-2-6-14(13)15/h1-2,4,6,12,15H,3,5,7-11H2,(H,17,18)/t12-,15-/m0/s1. The van der Waals surface area contributed by atoms with Gasteiger partial charge in [-0.15, -0.1) is 0 Å². The molecule has 2 atom stereocenters. The van der Waals surface area contributed by atoms with Crippen LogP contribution >= 0.6 is 0 Å². The van der Waals surface area contributed by atoms with Crippen molar-refractivity contribution in [2.45, 2.75) is 38.1 Å². The summed E-state index contributed by atoms with van der Waals surface area (Å²) < 4.78 is 22.9. The van der Waals surface area contributed by atoms with E-state index in [0.717, 1.165) is 19.3 Å². The number of benzene rings is 1. The Hall–Kier alpha value is -1.36. The van der Waals surface area contributed by atoms with Gasteiger partial charge in [0.2, 0.25) is 5.91 Å². The zero-order valence-corrected chi connectivity index (χ0v) is 12.9. The second-order valence-corrected chi connectivity index (χ2v) is 8.41. The summed E-state index contributed by atoms with van der Waals surface area (Å²) in [4.78, 5) is 12.2. The van der Waals surface area contributed by atoms with Crippen LogP contribution in [-0.4, -0.2) is 25.8 Å². The van der Waals surface area contributed by atoms with Crippen molar-refractivity contribution in [3.8, 4) is 0 Å². The van der Waals surface area contributed by atoms with Crippen LogP contribution in [-0.2, 0) is 21.1 Å². The van der Waals surface area contributed by atoms with Gasteiger partial charge in [0.1, 0.15) is 0 Å². The molecule has 0 spiro atoms. The molecule has 1 saturated heterocycles. The van der Waals surface area contributed by atoms with Crippen LogP contribution in [0.4, 0.5) is 0 Å². The van der Waals surface area contributed by atoms with Crippen LogP contribution in [0, 0.1) is 5.92 Å². The summed E-state index contributed by atoms with van der Waals surface area (Å²) in [5, 5.41) is 3.10. The van der Waals surface area contributed by atoms with E-state index in [-0.39, 0.29) is 29.4 Å². The number of hydrogen-bond acceptors (Lipinski definition) is 3. The Balaban J connectivity index is 1.61. The Bertz CT molecular complexity index is 639. The predicted octanol–water partition coefficient (Wildman–Crippen LogP) is 2.00. The van der Waals surface area contributed by atoms with Crippen molar-refractivity contribution >= 4 is 15.7 Å². The third-order valence-corrected chi connectivity index (χ3v) is 6.34. The van der Waals surface area contributed by atoms with Crippen LogP contribution in [0.3, 0.4) is 0 Å². The minimum absolute atomic E-state index is 0.00571. The molecule has 1 aliphatic heterocycles. The van der Waals surface area contributed by atoms with Crippen molar-refractivity contribution in [2.24, 2.45) is 5.92 Å². The molecule has 1 N–H and O–H groups in total. The normalized spacial score (nSPS) is 27.0. The van der Waals surface area contributed by atoms with Crippen LogP contribution in [0.25, 0.3) is 0 Å². The van der Waals surface area contributed by atoms with Crippen LogP contribution < -0.4 is 5.32 Å². The highest BCUT2D eigenvalue weighted by molar-refractivity contribution is 7.91. The summed E-state index contributed by atoms with van der Waals surface area (Å²) in [7, 11) is -2.90. The van der Waals surface area contributed by atoms with Gasteiger partial charge in [0.25, 0.3) is 0 Å². The van der Waals surface area contributed by atoms with Crippen LogP contribution in [0.5, 0.6) is 0 Å². The van der Waals surface area contributed by atoms with E-state index in [1.165, 1.54) is 11.1 Å². The molecule has 1 aromatic rings. The van der Waals surface area contributed by atoms with Gasteiger partial charge in [-0.25, -0.2) is 8.42 Å². The molecular weight excluding hydrogens is 286 g/mol. The molecule has 114 valence electrons. The van der Waals surface area contributed by atoms with Crippen LogP contribution in [0.15, 0.2) is 24.3 Å². The summed E-state index contributed by atoms with van der Waals surface area (Å²) in [5.74, 6) is 0.381. The van der Waals surface area contributed by atoms with E-state index in [4.69, 9.17) is 0 Å². The van der Waals surface area contributed by atoms with Crippen molar-refractivity contribution in [3.05, 3.63) is 35.4 Å². The molecule has 0 radical (unpaired) electrons. The minimum Gasteiger partial charge on any atom is -0.349 e. The summed E-state index contributed by atoms with van der Waals surface area (Å²) >= 11 is 0. The van der Waals surface area contributed by atoms with Crippen LogP contribution in [0.1, 0.15) is 42.9 Å². The maximum Gasteiger partial charge on any atom is 0.220 e. The smallest absolute Gasteiger partial charge is 0.220 e. The molecule has 0 aromatic heterocycles. The molecule has 1 aliphatic carbocycles. The van der Waals surface area contributed by atoms with Gasteiger partial charge in [0.15, 0.2) is 9.84 Å². The lowest BCUT2D eigenvalue weighted by Gasteiger charge is -2.26. The number of nitrogens with one attached hydrogen (secondary N) is 1. The van der Waals surface area contributed by atoms with E-state index in [1.54, 1.807) is 0 Å². The van der Waals surface area contributed by atoms with E-state index in [0.29, 0.717) is 12.8 Å². The second kappa shape index (κ2) is 5.79. The molecular formula is C16H21NO3S. The Morgan fingerprint density at radius 3 is 2.81 bits per heavy atom. The van der Waals surface area contributed by atoms with Gasteiger partial charge in [-0.1, -0.05) is 24.3 Å². The minimum atomic E-state index is -2.90. The van der Waals surface area contributed by atoms with Crippen LogP contribution in [0.2, 0.25) is 0 Å². The lowest BCUT2D eigenvalue weighted by Crippen LogP contribution is -2.32. The fourth-order valence-corrected chi connectivity index (χ4v) is 5.31. The van der Waals surface area contributed by atoms with E-state index < -0.39 is 9.84 Å². The van der Waals surface area contributed by atoms with E-state index in [9.17, 15) is 13.2 Å². The SMILES string of the molecule is O=C(C[C@@H]1CCS(=O)(=O)C1)N[C@H]1CCCc2ccccc21. The van der Waals surface area contributed by atoms with Gasteiger partial charge in [0.05, 0.1) is 17.5 Å². The molecule has 1 fully saturated rings. The summed E-state index contributed by atoms with van der Waals surface area (Å²) in [6.07, 6.45) is 4.07. The molecule has 4 nitrogen and oxygen atoms in total. The maximum absolute atomic E-state index is 12.2. The molecule has 5 heteroatoms. The quantitative estimate of drug-likeness (QED) is 0.929. The predicted molar refractivity (Wildman–Crippen MR) is 81.6 cm³/mol. The van der Waals surface area contributed by atoms with Crippen molar-refractivity contribution < 1.29 is 13.2 Å². The fraction of sp³-hybridized carbons (Fsp3) is 0.562. The molecule has 0 saturated carbocycles. The number of carbonyl (C=O) groups is 1. The fourth-order valence-electron chi connectivity index (χ4n) is 3.45. The number of hydrogen-bond donors (Lipinski definition) is 1. The lowest BCUT2D eigenvalue weighted by molar-refractivity contribution is -0.122. The number of amides is 1. The number of fused-ring (bicyclic) bond motifs is 1. The molecule has 0 unspecified atom stereocenters. The molecule has 0 bridgehead atoms. The lowest BCUT2D eigenvalue weighted by atomic mass is 9.87. The average Bonchev–Trinajstić information content (AvgIpc) is 2.78. The highest BCUT2D eigenvalue weighted by atomic mass is 32.2. The van der Waals surface area contributed by atoms with E-state index in [2.05, 4.69) is 17.4 Å².